The molecule has 2 aliphatic rings. The van der Waals surface area contributed by atoms with Gasteiger partial charge in [0.25, 0.3) is 0 Å². The molecule has 0 bridgehead atoms. The molecule has 1 heterocycles. The third-order valence-electron chi connectivity index (χ3n) is 5.58. The molecule has 2 atom stereocenters. The Morgan fingerprint density at radius 2 is 1.88 bits per heavy atom. The van der Waals surface area contributed by atoms with Gasteiger partial charge in [-0.15, -0.1) is 11.3 Å². The SMILES string of the molecule is O=C(CCc1nc2ccccc2s1)N[C@@H]1CC[C@@H]1NC1CCCCC1. The largest absolute Gasteiger partial charge is 0.352 e. The van der Waals surface area contributed by atoms with Crippen LogP contribution in [0.15, 0.2) is 24.3 Å². The first-order valence-corrected chi connectivity index (χ1v) is 10.5. The first kappa shape index (κ1) is 17.0. The number of para-hydroxylation sites is 1. The number of nitrogens with one attached hydrogen (secondary N) is 2. The summed E-state index contributed by atoms with van der Waals surface area (Å²) in [6.45, 7) is 0. The molecule has 5 heteroatoms. The minimum atomic E-state index is 0.166. The van der Waals surface area contributed by atoms with E-state index in [1.165, 1.54) is 43.2 Å². The molecule has 4 nitrogen and oxygen atoms in total. The average Bonchev–Trinajstić information content (AvgIpc) is 3.05. The second-order valence-electron chi connectivity index (χ2n) is 7.43. The van der Waals surface area contributed by atoms with Gasteiger partial charge in [-0.05, 0) is 37.8 Å². The number of aryl methyl sites for hydroxylation is 1. The number of benzene rings is 1. The second-order valence-corrected chi connectivity index (χ2v) is 8.55. The lowest BCUT2D eigenvalue weighted by atomic mass is 9.84. The number of carbonyl (C=O) groups is 1. The van der Waals surface area contributed by atoms with Crippen LogP contribution in [-0.2, 0) is 11.2 Å². The van der Waals surface area contributed by atoms with Gasteiger partial charge in [0.05, 0.1) is 15.2 Å². The number of aromatic nitrogens is 1. The van der Waals surface area contributed by atoms with Gasteiger partial charge in [0.2, 0.25) is 5.91 Å². The Balaban J connectivity index is 1.23. The van der Waals surface area contributed by atoms with Crippen LogP contribution in [0.5, 0.6) is 0 Å². The minimum absolute atomic E-state index is 0.166. The van der Waals surface area contributed by atoms with Crippen LogP contribution in [-0.4, -0.2) is 29.0 Å². The van der Waals surface area contributed by atoms with Crippen LogP contribution in [0, 0.1) is 0 Å². The van der Waals surface area contributed by atoms with Crippen molar-refractivity contribution in [3.63, 3.8) is 0 Å². The van der Waals surface area contributed by atoms with Gasteiger partial charge in [0.15, 0.2) is 0 Å². The molecule has 2 aliphatic carbocycles. The standard InChI is InChI=1S/C20H27N3OS/c24-19(12-13-20-23-17-8-4-5-9-18(17)25-20)22-16-11-10-15(16)21-14-6-2-1-3-7-14/h4-5,8-9,14-16,21H,1-3,6-7,10-13H2,(H,22,24)/t15-,16+/m0/s1. The fourth-order valence-electron chi connectivity index (χ4n) is 3.97. The Morgan fingerprint density at radius 1 is 1.08 bits per heavy atom. The van der Waals surface area contributed by atoms with Crippen molar-refractivity contribution in [1.29, 1.82) is 0 Å². The summed E-state index contributed by atoms with van der Waals surface area (Å²) < 4.78 is 1.20. The molecule has 25 heavy (non-hydrogen) atoms. The van der Waals surface area contributed by atoms with E-state index in [1.54, 1.807) is 11.3 Å². The van der Waals surface area contributed by atoms with E-state index in [9.17, 15) is 4.79 Å². The monoisotopic (exact) mass is 357 g/mol. The molecular weight excluding hydrogens is 330 g/mol. The molecule has 2 fully saturated rings. The highest BCUT2D eigenvalue weighted by molar-refractivity contribution is 7.18. The Morgan fingerprint density at radius 3 is 2.64 bits per heavy atom. The van der Waals surface area contributed by atoms with Gasteiger partial charge in [-0.3, -0.25) is 4.79 Å². The van der Waals surface area contributed by atoms with Gasteiger partial charge < -0.3 is 10.6 Å². The highest BCUT2D eigenvalue weighted by Gasteiger charge is 2.33. The molecule has 1 amide bonds. The molecule has 0 unspecified atom stereocenters. The van der Waals surface area contributed by atoms with Gasteiger partial charge >= 0.3 is 0 Å². The smallest absolute Gasteiger partial charge is 0.220 e. The van der Waals surface area contributed by atoms with E-state index in [4.69, 9.17) is 0 Å². The molecular formula is C20H27N3OS. The van der Waals surface area contributed by atoms with E-state index in [0.29, 0.717) is 24.5 Å². The molecule has 2 saturated carbocycles. The third kappa shape index (κ3) is 4.21. The molecule has 0 saturated heterocycles. The average molecular weight is 358 g/mol. The fourth-order valence-corrected chi connectivity index (χ4v) is 4.94. The topological polar surface area (TPSA) is 54.0 Å². The molecule has 0 spiro atoms. The Hall–Kier alpha value is -1.46. The number of carbonyl (C=O) groups excluding carboxylic acids is 1. The number of amides is 1. The van der Waals surface area contributed by atoms with Gasteiger partial charge in [-0.2, -0.15) is 0 Å². The number of rotatable bonds is 6. The van der Waals surface area contributed by atoms with Crippen LogP contribution in [0.4, 0.5) is 0 Å². The Bertz CT molecular complexity index is 690. The molecule has 4 rings (SSSR count). The number of nitrogens with zero attached hydrogens (tertiary/aromatic N) is 1. The molecule has 0 radical (unpaired) electrons. The normalized spacial score (nSPS) is 24.2. The summed E-state index contributed by atoms with van der Waals surface area (Å²) in [7, 11) is 0. The number of hydrogen-bond acceptors (Lipinski definition) is 4. The summed E-state index contributed by atoms with van der Waals surface area (Å²) in [4.78, 5) is 16.9. The summed E-state index contributed by atoms with van der Waals surface area (Å²) in [5.41, 5.74) is 1.04. The lowest BCUT2D eigenvalue weighted by Crippen LogP contribution is -2.59. The summed E-state index contributed by atoms with van der Waals surface area (Å²) in [5, 5.41) is 8.07. The highest BCUT2D eigenvalue weighted by atomic mass is 32.1. The van der Waals surface area contributed by atoms with E-state index in [0.717, 1.165) is 23.4 Å². The first-order valence-electron chi connectivity index (χ1n) is 9.68. The van der Waals surface area contributed by atoms with E-state index >= 15 is 0 Å². The predicted octanol–water partition coefficient (Wildman–Crippen LogP) is 3.80. The van der Waals surface area contributed by atoms with Crippen molar-refractivity contribution in [1.82, 2.24) is 15.6 Å². The van der Waals surface area contributed by atoms with Crippen LogP contribution >= 0.6 is 11.3 Å². The summed E-state index contributed by atoms with van der Waals surface area (Å²) in [5.74, 6) is 0.166. The van der Waals surface area contributed by atoms with Crippen molar-refractivity contribution in [2.45, 2.75) is 75.9 Å². The van der Waals surface area contributed by atoms with Crippen LogP contribution in [0.2, 0.25) is 0 Å². The van der Waals surface area contributed by atoms with Crippen molar-refractivity contribution in [3.05, 3.63) is 29.3 Å². The Labute approximate surface area is 153 Å². The van der Waals surface area contributed by atoms with Crippen LogP contribution in [0.25, 0.3) is 10.2 Å². The lowest BCUT2D eigenvalue weighted by molar-refractivity contribution is -0.122. The molecule has 2 aromatic rings. The zero-order valence-electron chi connectivity index (χ0n) is 14.7. The summed E-state index contributed by atoms with van der Waals surface area (Å²) >= 11 is 1.70. The van der Waals surface area contributed by atoms with Gasteiger partial charge in [0.1, 0.15) is 0 Å². The van der Waals surface area contributed by atoms with Crippen LogP contribution in [0.1, 0.15) is 56.4 Å². The number of fused-ring (bicyclic) bond motifs is 1. The highest BCUT2D eigenvalue weighted by Crippen LogP contribution is 2.25. The summed E-state index contributed by atoms with van der Waals surface area (Å²) in [6, 6.07) is 9.64. The molecule has 2 N–H and O–H groups in total. The zero-order valence-corrected chi connectivity index (χ0v) is 15.5. The lowest BCUT2D eigenvalue weighted by Gasteiger charge is -2.41. The van der Waals surface area contributed by atoms with E-state index < -0.39 is 0 Å². The summed E-state index contributed by atoms with van der Waals surface area (Å²) in [6.07, 6.45) is 10.3. The zero-order chi connectivity index (χ0) is 17.1. The van der Waals surface area contributed by atoms with Crippen LogP contribution in [0.3, 0.4) is 0 Å². The third-order valence-corrected chi connectivity index (χ3v) is 6.68. The maximum absolute atomic E-state index is 12.3. The van der Waals surface area contributed by atoms with E-state index in [-0.39, 0.29) is 5.91 Å². The van der Waals surface area contributed by atoms with Gasteiger partial charge in [-0.1, -0.05) is 31.4 Å². The quantitative estimate of drug-likeness (QED) is 0.827. The van der Waals surface area contributed by atoms with Crippen molar-refractivity contribution in [2.24, 2.45) is 0 Å². The van der Waals surface area contributed by atoms with E-state index in [1.807, 2.05) is 18.2 Å². The van der Waals surface area contributed by atoms with E-state index in [2.05, 4.69) is 21.7 Å². The molecule has 134 valence electrons. The van der Waals surface area contributed by atoms with Crippen molar-refractivity contribution < 1.29 is 4.79 Å². The fraction of sp³-hybridized carbons (Fsp3) is 0.600. The Kier molecular flexibility index (Phi) is 5.32. The minimum Gasteiger partial charge on any atom is -0.352 e. The van der Waals surface area contributed by atoms with Crippen LogP contribution < -0.4 is 10.6 Å². The van der Waals surface area contributed by atoms with Crippen molar-refractivity contribution >= 4 is 27.5 Å². The maximum Gasteiger partial charge on any atom is 0.220 e. The van der Waals surface area contributed by atoms with Gasteiger partial charge in [-0.25, -0.2) is 4.98 Å². The number of thiazole rings is 1. The maximum atomic E-state index is 12.3. The molecule has 1 aromatic heterocycles. The first-order chi connectivity index (χ1) is 12.3. The van der Waals surface area contributed by atoms with Crippen molar-refractivity contribution in [3.8, 4) is 0 Å². The number of hydrogen-bond donors (Lipinski definition) is 2. The van der Waals surface area contributed by atoms with Crippen molar-refractivity contribution in [2.75, 3.05) is 0 Å². The molecule has 0 aliphatic heterocycles. The predicted molar refractivity (Wildman–Crippen MR) is 103 cm³/mol. The second kappa shape index (κ2) is 7.83. The van der Waals surface area contributed by atoms with Gasteiger partial charge in [0, 0.05) is 31.0 Å². The molecule has 1 aromatic carbocycles.